The topological polar surface area (TPSA) is 63.2 Å². The van der Waals surface area contributed by atoms with Crippen LogP contribution in [0.15, 0.2) is 35.6 Å². The van der Waals surface area contributed by atoms with Gasteiger partial charge in [-0.2, -0.15) is 4.31 Å². The molecule has 1 aromatic heterocycles. The summed E-state index contributed by atoms with van der Waals surface area (Å²) in [6.45, 7) is 0.307. The number of nitrogens with zero attached hydrogens (tertiary/aromatic N) is 3. The summed E-state index contributed by atoms with van der Waals surface area (Å²) in [5.74, 6) is -1.84. The predicted molar refractivity (Wildman–Crippen MR) is 69.7 cm³/mol. The van der Waals surface area contributed by atoms with Crippen molar-refractivity contribution in [3.05, 3.63) is 53.6 Å². The van der Waals surface area contributed by atoms with Crippen LogP contribution in [0, 0.1) is 11.6 Å². The maximum absolute atomic E-state index is 13.2. The van der Waals surface area contributed by atoms with Gasteiger partial charge >= 0.3 is 0 Å². The molecule has 5 nitrogen and oxygen atoms in total. The quantitative estimate of drug-likeness (QED) is 0.843. The molecule has 2 aromatic rings. The van der Waals surface area contributed by atoms with Crippen molar-refractivity contribution in [2.45, 2.75) is 17.9 Å². The third-order valence-corrected chi connectivity index (χ3v) is 5.12. The van der Waals surface area contributed by atoms with E-state index in [1.54, 1.807) is 6.20 Å². The molecule has 21 heavy (non-hydrogen) atoms. The van der Waals surface area contributed by atoms with Crippen LogP contribution in [0.1, 0.15) is 11.3 Å². The second-order valence-corrected chi connectivity index (χ2v) is 6.63. The first kappa shape index (κ1) is 14.0. The van der Waals surface area contributed by atoms with Gasteiger partial charge in [0, 0.05) is 43.0 Å². The zero-order chi connectivity index (χ0) is 15.0. The van der Waals surface area contributed by atoms with Crippen molar-refractivity contribution in [2.75, 3.05) is 6.54 Å². The highest BCUT2D eigenvalue weighted by Gasteiger charge is 2.29. The highest BCUT2D eigenvalue weighted by Crippen LogP contribution is 2.24. The van der Waals surface area contributed by atoms with Gasteiger partial charge in [0.15, 0.2) is 0 Å². The average molecular weight is 311 g/mol. The average Bonchev–Trinajstić information content (AvgIpc) is 2.45. The largest absolute Gasteiger partial charge is 0.244 e. The van der Waals surface area contributed by atoms with E-state index in [0.717, 1.165) is 17.8 Å². The summed E-state index contributed by atoms with van der Waals surface area (Å²) in [6, 6.07) is 2.27. The Balaban J connectivity index is 1.97. The molecule has 0 fully saturated rings. The number of benzene rings is 1. The summed E-state index contributed by atoms with van der Waals surface area (Å²) in [5.41, 5.74) is 1.49. The molecule has 0 unspecified atom stereocenters. The van der Waals surface area contributed by atoms with Crippen molar-refractivity contribution in [1.29, 1.82) is 0 Å². The van der Waals surface area contributed by atoms with Crippen molar-refractivity contribution in [3.8, 4) is 0 Å². The normalized spacial score (nSPS) is 15.7. The molecular formula is C13H11F2N3O2S. The van der Waals surface area contributed by atoms with E-state index in [4.69, 9.17) is 0 Å². The Labute approximate surface area is 120 Å². The molecule has 0 amide bonds. The third-order valence-electron chi connectivity index (χ3n) is 3.30. The molecule has 0 atom stereocenters. The fourth-order valence-corrected chi connectivity index (χ4v) is 3.73. The molecule has 2 heterocycles. The van der Waals surface area contributed by atoms with Crippen molar-refractivity contribution in [1.82, 2.24) is 14.3 Å². The second kappa shape index (κ2) is 5.12. The summed E-state index contributed by atoms with van der Waals surface area (Å²) in [7, 11) is -3.95. The van der Waals surface area contributed by atoms with Crippen LogP contribution in [0.25, 0.3) is 0 Å². The van der Waals surface area contributed by atoms with E-state index in [2.05, 4.69) is 9.97 Å². The maximum atomic E-state index is 13.2. The molecule has 0 aliphatic carbocycles. The molecule has 0 radical (unpaired) electrons. The van der Waals surface area contributed by atoms with Gasteiger partial charge < -0.3 is 0 Å². The van der Waals surface area contributed by atoms with Gasteiger partial charge in [-0.1, -0.05) is 0 Å². The number of aromatic nitrogens is 2. The fourth-order valence-electron chi connectivity index (χ4n) is 2.27. The van der Waals surface area contributed by atoms with E-state index >= 15 is 0 Å². The van der Waals surface area contributed by atoms with E-state index in [9.17, 15) is 17.2 Å². The smallest absolute Gasteiger partial charge is 0.243 e. The molecule has 1 aliphatic rings. The molecule has 0 bridgehead atoms. The first-order chi connectivity index (χ1) is 9.96. The van der Waals surface area contributed by atoms with E-state index in [1.807, 2.05) is 0 Å². The van der Waals surface area contributed by atoms with Gasteiger partial charge in [0.2, 0.25) is 10.0 Å². The summed E-state index contributed by atoms with van der Waals surface area (Å²) in [5, 5.41) is 0. The number of hydrogen-bond acceptors (Lipinski definition) is 4. The van der Waals surface area contributed by atoms with Crippen LogP contribution in [0.3, 0.4) is 0 Å². The minimum atomic E-state index is -3.95. The van der Waals surface area contributed by atoms with Gasteiger partial charge in [0.1, 0.15) is 18.0 Å². The number of fused-ring (bicyclic) bond motifs is 1. The highest BCUT2D eigenvalue weighted by molar-refractivity contribution is 7.89. The number of rotatable bonds is 2. The van der Waals surface area contributed by atoms with Gasteiger partial charge in [-0.25, -0.2) is 27.2 Å². The molecular weight excluding hydrogens is 300 g/mol. The highest BCUT2D eigenvalue weighted by atomic mass is 32.2. The lowest BCUT2D eigenvalue weighted by Crippen LogP contribution is -2.36. The van der Waals surface area contributed by atoms with Crippen molar-refractivity contribution in [3.63, 3.8) is 0 Å². The minimum Gasteiger partial charge on any atom is -0.244 e. The predicted octanol–water partition coefficient (Wildman–Crippen LogP) is 1.50. The fraction of sp³-hybridized carbons (Fsp3) is 0.231. The van der Waals surface area contributed by atoms with Gasteiger partial charge in [-0.15, -0.1) is 0 Å². The van der Waals surface area contributed by atoms with E-state index in [1.165, 1.54) is 10.6 Å². The first-order valence-corrected chi connectivity index (χ1v) is 7.65. The molecule has 1 aliphatic heterocycles. The molecule has 3 rings (SSSR count). The SMILES string of the molecule is O=S(=O)(c1cc(F)cc(F)c1)N1CCc2ncncc2C1. The van der Waals surface area contributed by atoms with Crippen molar-refractivity contribution >= 4 is 10.0 Å². The molecule has 0 N–H and O–H groups in total. The van der Waals surface area contributed by atoms with Crippen LogP contribution in [0.2, 0.25) is 0 Å². The van der Waals surface area contributed by atoms with Gasteiger partial charge in [-0.05, 0) is 12.1 Å². The second-order valence-electron chi connectivity index (χ2n) is 4.69. The lowest BCUT2D eigenvalue weighted by molar-refractivity contribution is 0.386. The van der Waals surface area contributed by atoms with E-state index < -0.39 is 21.7 Å². The summed E-state index contributed by atoms with van der Waals surface area (Å²) < 4.78 is 52.5. The molecule has 110 valence electrons. The van der Waals surface area contributed by atoms with E-state index in [-0.39, 0.29) is 18.0 Å². The molecule has 0 saturated carbocycles. The first-order valence-electron chi connectivity index (χ1n) is 6.21. The summed E-state index contributed by atoms with van der Waals surface area (Å²) in [6.07, 6.45) is 3.40. The Hall–Kier alpha value is -1.93. The zero-order valence-electron chi connectivity index (χ0n) is 10.8. The minimum absolute atomic E-state index is 0.0939. The summed E-state index contributed by atoms with van der Waals surface area (Å²) >= 11 is 0. The van der Waals surface area contributed by atoms with Gasteiger partial charge in [0.05, 0.1) is 4.90 Å². The number of sulfonamides is 1. The van der Waals surface area contributed by atoms with Crippen LogP contribution in [-0.2, 0) is 23.0 Å². The van der Waals surface area contributed by atoms with Crippen LogP contribution < -0.4 is 0 Å². The standard InChI is InChI=1S/C13H11F2N3O2S/c14-10-3-11(15)5-12(4-10)21(19,20)18-2-1-13-9(7-18)6-16-8-17-13/h3-6,8H,1-2,7H2. The number of hydrogen-bond donors (Lipinski definition) is 0. The van der Waals surface area contributed by atoms with E-state index in [0.29, 0.717) is 18.1 Å². The third kappa shape index (κ3) is 2.64. The summed E-state index contributed by atoms with van der Waals surface area (Å²) in [4.78, 5) is 7.56. The lowest BCUT2D eigenvalue weighted by atomic mass is 10.1. The number of halogens is 2. The zero-order valence-corrected chi connectivity index (χ0v) is 11.6. The molecule has 0 spiro atoms. The van der Waals surface area contributed by atoms with Gasteiger partial charge in [-0.3, -0.25) is 0 Å². The van der Waals surface area contributed by atoms with Crippen molar-refractivity contribution < 1.29 is 17.2 Å². The monoisotopic (exact) mass is 311 g/mol. The van der Waals surface area contributed by atoms with Crippen LogP contribution in [0.5, 0.6) is 0 Å². The maximum Gasteiger partial charge on any atom is 0.243 e. The molecule has 1 aromatic carbocycles. The Bertz CT molecular complexity index is 776. The lowest BCUT2D eigenvalue weighted by Gasteiger charge is -2.27. The van der Waals surface area contributed by atoms with Crippen LogP contribution >= 0.6 is 0 Å². The van der Waals surface area contributed by atoms with Crippen LogP contribution in [-0.4, -0.2) is 29.2 Å². The van der Waals surface area contributed by atoms with Crippen molar-refractivity contribution in [2.24, 2.45) is 0 Å². The Kier molecular flexibility index (Phi) is 3.42. The van der Waals surface area contributed by atoms with Gasteiger partial charge in [0.25, 0.3) is 0 Å². The Morgan fingerprint density at radius 3 is 2.57 bits per heavy atom. The molecule has 0 saturated heterocycles. The Morgan fingerprint density at radius 1 is 1.14 bits per heavy atom. The van der Waals surface area contributed by atoms with Crippen LogP contribution in [0.4, 0.5) is 8.78 Å². The molecule has 8 heteroatoms. The Morgan fingerprint density at radius 2 is 1.86 bits per heavy atom.